The fourth-order valence-corrected chi connectivity index (χ4v) is 3.50. The minimum atomic E-state index is -1.000. The van der Waals surface area contributed by atoms with Crippen molar-refractivity contribution in [2.75, 3.05) is 12.4 Å². The molecule has 0 aliphatic heterocycles. The van der Waals surface area contributed by atoms with Crippen molar-refractivity contribution in [1.29, 1.82) is 0 Å². The summed E-state index contributed by atoms with van der Waals surface area (Å²) in [6, 6.07) is 5.63. The average Bonchev–Trinajstić information content (AvgIpc) is 2.73. The minimum Gasteiger partial charge on any atom is -0.360 e. The summed E-state index contributed by atoms with van der Waals surface area (Å²) in [5, 5.41) is 10.2. The molecule has 0 radical (unpaired) electrons. The molecule has 4 N–H and O–H groups in total. The molecule has 0 aliphatic carbocycles. The molecule has 0 heterocycles. The van der Waals surface area contributed by atoms with E-state index in [0.717, 1.165) is 5.56 Å². The van der Waals surface area contributed by atoms with Crippen LogP contribution in [0.4, 0.5) is 5.69 Å². The Balaban J connectivity index is 2.80. The van der Waals surface area contributed by atoms with Gasteiger partial charge in [0.1, 0.15) is 6.04 Å². The fraction of sp³-hybridized carbons (Fsp3) is 0.545. The van der Waals surface area contributed by atoms with E-state index in [1.807, 2.05) is 39.8 Å². The summed E-state index contributed by atoms with van der Waals surface area (Å²) in [4.78, 5) is 49.2. The molecule has 1 aromatic carbocycles. The van der Waals surface area contributed by atoms with E-state index in [1.165, 1.54) is 14.0 Å². The van der Waals surface area contributed by atoms with Gasteiger partial charge in [0.05, 0.1) is 12.1 Å². The summed E-state index contributed by atoms with van der Waals surface area (Å²) in [6.45, 7) is 9.33. The van der Waals surface area contributed by atoms with E-state index < -0.39 is 35.9 Å². The molecule has 0 bridgehead atoms. The Morgan fingerprint density at radius 2 is 1.69 bits per heavy atom. The molecule has 32 heavy (non-hydrogen) atoms. The first-order valence-electron chi connectivity index (χ1n) is 10.5. The normalized spacial score (nSPS) is 14.0. The summed E-state index contributed by atoms with van der Waals surface area (Å²) in [7, 11) is 3.64. The number of amides is 4. The van der Waals surface area contributed by atoms with Gasteiger partial charge in [0.2, 0.25) is 11.8 Å². The molecular formula is C22H35N4O5P. The lowest BCUT2D eigenvalue weighted by Gasteiger charge is -2.27. The third kappa shape index (κ3) is 8.20. The number of carbonyl (C=O) groups is 4. The molecule has 0 saturated heterocycles. The molecule has 178 valence electrons. The van der Waals surface area contributed by atoms with Crippen molar-refractivity contribution in [2.45, 2.75) is 71.1 Å². The molecule has 2 unspecified atom stereocenters. The SMILES string of the molecule is CCC(OP)[C@H](CC(=O)NC)NC(=O)[C@H](C)NC(=O)C(=O)Nc1ccccc1C(C)(C)C. The molecule has 1 rings (SSSR count). The van der Waals surface area contributed by atoms with Gasteiger partial charge in [-0.25, -0.2) is 0 Å². The predicted molar refractivity (Wildman–Crippen MR) is 127 cm³/mol. The Kier molecular flexibility index (Phi) is 10.8. The van der Waals surface area contributed by atoms with Crippen LogP contribution in [0.2, 0.25) is 0 Å². The summed E-state index contributed by atoms with van der Waals surface area (Å²) < 4.78 is 5.28. The quantitative estimate of drug-likeness (QED) is 0.325. The van der Waals surface area contributed by atoms with Crippen LogP contribution in [0, 0.1) is 0 Å². The van der Waals surface area contributed by atoms with Gasteiger partial charge in [-0.1, -0.05) is 45.9 Å². The Hall–Kier alpha value is -2.51. The van der Waals surface area contributed by atoms with Crippen molar-refractivity contribution in [1.82, 2.24) is 16.0 Å². The van der Waals surface area contributed by atoms with E-state index in [1.54, 1.807) is 12.1 Å². The molecule has 0 aliphatic rings. The van der Waals surface area contributed by atoms with E-state index in [2.05, 4.69) is 30.7 Å². The van der Waals surface area contributed by atoms with Crippen LogP contribution in [0.5, 0.6) is 0 Å². The maximum Gasteiger partial charge on any atom is 0.313 e. The molecule has 9 nitrogen and oxygen atoms in total. The van der Waals surface area contributed by atoms with Gasteiger partial charge in [0, 0.05) is 28.6 Å². The van der Waals surface area contributed by atoms with E-state index in [4.69, 9.17) is 4.52 Å². The Bertz CT molecular complexity index is 821. The first-order valence-corrected chi connectivity index (χ1v) is 11.0. The number of nitrogens with one attached hydrogen (secondary N) is 4. The highest BCUT2D eigenvalue weighted by Crippen LogP contribution is 2.29. The van der Waals surface area contributed by atoms with Crippen LogP contribution in [0.1, 0.15) is 53.0 Å². The largest absolute Gasteiger partial charge is 0.360 e. The molecule has 0 fully saturated rings. The van der Waals surface area contributed by atoms with Crippen LogP contribution in [-0.4, -0.2) is 48.9 Å². The second-order valence-corrected chi connectivity index (χ2v) is 8.79. The molecular weight excluding hydrogens is 431 g/mol. The van der Waals surface area contributed by atoms with Crippen LogP contribution < -0.4 is 21.3 Å². The lowest BCUT2D eigenvalue weighted by molar-refractivity contribution is -0.138. The van der Waals surface area contributed by atoms with Crippen molar-refractivity contribution in [3.05, 3.63) is 29.8 Å². The second-order valence-electron chi connectivity index (χ2n) is 8.52. The molecule has 4 atom stereocenters. The Labute approximate surface area is 192 Å². The monoisotopic (exact) mass is 466 g/mol. The van der Waals surface area contributed by atoms with Gasteiger partial charge in [0.15, 0.2) is 0 Å². The van der Waals surface area contributed by atoms with Gasteiger partial charge in [-0.3, -0.25) is 19.2 Å². The van der Waals surface area contributed by atoms with Gasteiger partial charge in [-0.05, 0) is 30.4 Å². The van der Waals surface area contributed by atoms with Gasteiger partial charge < -0.3 is 25.8 Å². The number of carbonyl (C=O) groups excluding carboxylic acids is 4. The minimum absolute atomic E-state index is 0.0138. The predicted octanol–water partition coefficient (Wildman–Crippen LogP) is 1.63. The molecule has 4 amide bonds. The van der Waals surface area contributed by atoms with Crippen molar-refractivity contribution < 1.29 is 23.7 Å². The third-order valence-corrected chi connectivity index (χ3v) is 5.32. The highest BCUT2D eigenvalue weighted by Gasteiger charge is 2.28. The second kappa shape index (κ2) is 12.5. The smallest absolute Gasteiger partial charge is 0.313 e. The number of hydrogen-bond donors (Lipinski definition) is 4. The lowest BCUT2D eigenvalue weighted by Crippen LogP contribution is -2.53. The number of hydrogen-bond acceptors (Lipinski definition) is 5. The Morgan fingerprint density at radius 1 is 1.06 bits per heavy atom. The zero-order valence-corrected chi connectivity index (χ0v) is 20.7. The zero-order chi connectivity index (χ0) is 24.5. The fourth-order valence-electron chi connectivity index (χ4n) is 3.11. The van der Waals surface area contributed by atoms with Crippen molar-refractivity contribution >= 4 is 38.8 Å². The highest BCUT2D eigenvalue weighted by atomic mass is 31.0. The maximum atomic E-state index is 12.6. The topological polar surface area (TPSA) is 126 Å². The summed E-state index contributed by atoms with van der Waals surface area (Å²) in [5.74, 6) is -2.60. The van der Waals surface area contributed by atoms with Gasteiger partial charge >= 0.3 is 11.8 Å². The average molecular weight is 467 g/mol. The zero-order valence-electron chi connectivity index (χ0n) is 19.6. The summed E-state index contributed by atoms with van der Waals surface area (Å²) in [6.07, 6.45) is 0.156. The molecule has 1 aromatic rings. The first-order chi connectivity index (χ1) is 14.9. The van der Waals surface area contributed by atoms with E-state index in [9.17, 15) is 19.2 Å². The van der Waals surface area contributed by atoms with Crippen molar-refractivity contribution in [3.63, 3.8) is 0 Å². The van der Waals surface area contributed by atoms with Crippen molar-refractivity contribution in [2.24, 2.45) is 0 Å². The number of anilines is 1. The summed E-state index contributed by atoms with van der Waals surface area (Å²) in [5.41, 5.74) is 1.18. The molecule has 0 spiro atoms. The van der Waals surface area contributed by atoms with Crippen LogP contribution in [0.25, 0.3) is 0 Å². The van der Waals surface area contributed by atoms with Crippen LogP contribution in [-0.2, 0) is 29.1 Å². The standard InChI is InChI=1S/C22H35N4O5P/c1-7-17(31-32)16(12-18(27)23-6)26-19(28)13(2)24-20(29)21(30)25-15-11-9-8-10-14(15)22(3,4)5/h8-11,13,16-17H,7,12,32H2,1-6H3,(H,23,27)(H,24,29)(H,25,30)(H,26,28)/t13-,16-,17?/m0/s1. The van der Waals surface area contributed by atoms with Crippen LogP contribution >= 0.6 is 9.47 Å². The van der Waals surface area contributed by atoms with Gasteiger partial charge in [-0.15, -0.1) is 0 Å². The third-order valence-electron chi connectivity index (χ3n) is 4.97. The molecule has 0 saturated carbocycles. The van der Waals surface area contributed by atoms with Crippen LogP contribution in [0.15, 0.2) is 24.3 Å². The summed E-state index contributed by atoms with van der Waals surface area (Å²) >= 11 is 0. The first kappa shape index (κ1) is 27.5. The van der Waals surface area contributed by atoms with Gasteiger partial charge in [-0.2, -0.15) is 0 Å². The number of rotatable bonds is 9. The maximum absolute atomic E-state index is 12.6. The molecule has 0 aromatic heterocycles. The van der Waals surface area contributed by atoms with Crippen LogP contribution in [0.3, 0.4) is 0 Å². The Morgan fingerprint density at radius 3 is 2.22 bits per heavy atom. The lowest BCUT2D eigenvalue weighted by atomic mass is 9.86. The number of para-hydroxylation sites is 1. The highest BCUT2D eigenvalue weighted by molar-refractivity contribution is 7.09. The van der Waals surface area contributed by atoms with Crippen molar-refractivity contribution in [3.8, 4) is 0 Å². The van der Waals surface area contributed by atoms with E-state index >= 15 is 0 Å². The van der Waals surface area contributed by atoms with Gasteiger partial charge in [0.25, 0.3) is 0 Å². The van der Waals surface area contributed by atoms with E-state index in [-0.39, 0.29) is 17.7 Å². The molecule has 10 heteroatoms. The number of benzene rings is 1. The van der Waals surface area contributed by atoms with E-state index in [0.29, 0.717) is 12.1 Å².